The van der Waals surface area contributed by atoms with Crippen molar-refractivity contribution in [3.8, 4) is 28.3 Å². The van der Waals surface area contributed by atoms with Crippen LogP contribution >= 0.6 is 0 Å². The predicted octanol–water partition coefficient (Wildman–Crippen LogP) is 6.94. The highest BCUT2D eigenvalue weighted by molar-refractivity contribution is 5.94. The van der Waals surface area contributed by atoms with Gasteiger partial charge < -0.3 is 0 Å². The lowest BCUT2D eigenvalue weighted by Crippen LogP contribution is -2.16. The number of fused-ring (bicyclic) bond motifs is 6. The molecule has 4 nitrogen and oxygen atoms in total. The Balaban J connectivity index is 1.44. The van der Waals surface area contributed by atoms with Crippen LogP contribution in [0.4, 0.5) is 0 Å². The molecule has 0 N–H and O–H groups in total. The summed E-state index contributed by atoms with van der Waals surface area (Å²) in [6.45, 7) is 4.49. The van der Waals surface area contributed by atoms with E-state index in [1.165, 1.54) is 11.3 Å². The average Bonchev–Trinajstić information content (AvgIpc) is 3.37. The molecule has 1 aliphatic heterocycles. The monoisotopic (exact) mass is 438 g/mol. The van der Waals surface area contributed by atoms with Crippen LogP contribution in [0.15, 0.2) is 97.1 Å². The Morgan fingerprint density at radius 1 is 0.647 bits per heavy atom. The second-order valence-corrected chi connectivity index (χ2v) is 9.40. The predicted molar refractivity (Wildman–Crippen MR) is 137 cm³/mol. The molecule has 0 unspecified atom stereocenters. The molecule has 34 heavy (non-hydrogen) atoms. The Labute approximate surface area is 197 Å². The lowest BCUT2D eigenvalue weighted by molar-refractivity contribution is 0.621. The molecule has 0 fully saturated rings. The number of benzene rings is 4. The van der Waals surface area contributed by atoms with Gasteiger partial charge in [0.25, 0.3) is 0 Å². The van der Waals surface area contributed by atoms with Crippen LogP contribution in [0.5, 0.6) is 0 Å². The molecular weight excluding hydrogens is 416 g/mol. The van der Waals surface area contributed by atoms with Gasteiger partial charge in [-0.05, 0) is 49.7 Å². The third kappa shape index (κ3) is 2.62. The fraction of sp³-hybridized carbons (Fsp3) is 0.100. The minimum absolute atomic E-state index is 0.143. The molecule has 4 aromatic carbocycles. The molecule has 0 atom stereocenters. The maximum atomic E-state index is 5.10. The molecule has 0 bridgehead atoms. The van der Waals surface area contributed by atoms with Gasteiger partial charge >= 0.3 is 0 Å². The van der Waals surface area contributed by atoms with E-state index in [0.29, 0.717) is 5.82 Å². The molecule has 162 valence electrons. The number of rotatable bonds is 2. The molecule has 0 saturated carbocycles. The fourth-order valence-corrected chi connectivity index (χ4v) is 5.22. The zero-order chi connectivity index (χ0) is 22.9. The third-order valence-corrected chi connectivity index (χ3v) is 6.94. The van der Waals surface area contributed by atoms with Crippen LogP contribution in [0.25, 0.3) is 50.3 Å². The average molecular weight is 439 g/mol. The van der Waals surface area contributed by atoms with E-state index in [0.717, 1.165) is 44.6 Å². The van der Waals surface area contributed by atoms with Crippen molar-refractivity contribution in [2.45, 2.75) is 19.3 Å². The summed E-state index contributed by atoms with van der Waals surface area (Å²) in [5, 5.41) is 1.05. The minimum atomic E-state index is -0.143. The van der Waals surface area contributed by atoms with Crippen LogP contribution in [0.2, 0.25) is 0 Å². The van der Waals surface area contributed by atoms with E-state index in [-0.39, 0.29) is 5.41 Å². The SMILES string of the molecule is CC1(C)c2ccccc2-n2c1nc1cc(-c3nc(-c4ccccc4)c4ccccc4n3)ccc12. The van der Waals surface area contributed by atoms with Gasteiger partial charge in [-0.25, -0.2) is 15.0 Å². The molecule has 4 heteroatoms. The summed E-state index contributed by atoms with van der Waals surface area (Å²) >= 11 is 0. The van der Waals surface area contributed by atoms with Crippen molar-refractivity contribution in [1.29, 1.82) is 0 Å². The van der Waals surface area contributed by atoms with Gasteiger partial charge in [-0.15, -0.1) is 0 Å². The summed E-state index contributed by atoms with van der Waals surface area (Å²) in [6.07, 6.45) is 0. The van der Waals surface area contributed by atoms with E-state index < -0.39 is 0 Å². The number of hydrogen-bond acceptors (Lipinski definition) is 3. The largest absolute Gasteiger partial charge is 0.295 e. The smallest absolute Gasteiger partial charge is 0.160 e. The molecule has 0 saturated heterocycles. The molecule has 3 heterocycles. The van der Waals surface area contributed by atoms with Crippen molar-refractivity contribution in [2.24, 2.45) is 0 Å². The van der Waals surface area contributed by atoms with E-state index in [4.69, 9.17) is 15.0 Å². The van der Waals surface area contributed by atoms with Gasteiger partial charge in [0.05, 0.1) is 33.3 Å². The van der Waals surface area contributed by atoms with Crippen molar-refractivity contribution >= 4 is 21.9 Å². The highest BCUT2D eigenvalue weighted by Gasteiger charge is 2.38. The summed E-state index contributed by atoms with van der Waals surface area (Å²) in [5.41, 5.74) is 8.41. The van der Waals surface area contributed by atoms with Gasteiger partial charge in [0.15, 0.2) is 5.82 Å². The molecule has 6 aromatic rings. The molecule has 0 spiro atoms. The summed E-state index contributed by atoms with van der Waals surface area (Å²) in [7, 11) is 0. The normalized spacial score (nSPS) is 13.8. The zero-order valence-electron chi connectivity index (χ0n) is 19.0. The zero-order valence-corrected chi connectivity index (χ0v) is 19.0. The Hall–Kier alpha value is -4.31. The number of hydrogen-bond donors (Lipinski definition) is 0. The highest BCUT2D eigenvalue weighted by atomic mass is 15.1. The van der Waals surface area contributed by atoms with Gasteiger partial charge in [-0.3, -0.25) is 4.57 Å². The minimum Gasteiger partial charge on any atom is -0.295 e. The first kappa shape index (κ1) is 19.2. The standard InChI is InChI=1S/C30H22N4/c1-30(2)22-13-7-9-15-25(22)34-26-17-16-20(18-24(26)32-29(30)34)28-31-23-14-8-6-12-21(23)27(33-28)19-10-4-3-5-11-19/h3-18H,1-2H3. The van der Waals surface area contributed by atoms with Crippen molar-refractivity contribution < 1.29 is 0 Å². The summed E-state index contributed by atoms with van der Waals surface area (Å²) in [4.78, 5) is 15.0. The van der Waals surface area contributed by atoms with E-state index in [1.807, 2.05) is 30.3 Å². The quantitative estimate of drug-likeness (QED) is 0.294. The first-order valence-electron chi connectivity index (χ1n) is 11.6. The molecule has 0 aliphatic carbocycles. The maximum Gasteiger partial charge on any atom is 0.160 e. The Morgan fingerprint density at radius 3 is 2.29 bits per heavy atom. The first-order valence-corrected chi connectivity index (χ1v) is 11.6. The number of aromatic nitrogens is 4. The van der Waals surface area contributed by atoms with E-state index in [9.17, 15) is 0 Å². The number of imidazole rings is 1. The Morgan fingerprint density at radius 2 is 1.41 bits per heavy atom. The third-order valence-electron chi connectivity index (χ3n) is 6.94. The molecule has 2 aromatic heterocycles. The van der Waals surface area contributed by atoms with Crippen molar-refractivity contribution in [3.63, 3.8) is 0 Å². The van der Waals surface area contributed by atoms with Crippen molar-refractivity contribution in [2.75, 3.05) is 0 Å². The Kier molecular flexibility index (Phi) is 3.86. The first-order chi connectivity index (χ1) is 16.6. The van der Waals surface area contributed by atoms with Crippen LogP contribution in [0.1, 0.15) is 25.2 Å². The van der Waals surface area contributed by atoms with Gasteiger partial charge in [0.1, 0.15) is 5.82 Å². The van der Waals surface area contributed by atoms with Gasteiger partial charge in [-0.1, -0.05) is 66.7 Å². The molecule has 1 aliphatic rings. The van der Waals surface area contributed by atoms with E-state index in [1.54, 1.807) is 0 Å². The fourth-order valence-electron chi connectivity index (χ4n) is 5.22. The van der Waals surface area contributed by atoms with Crippen LogP contribution in [0, 0.1) is 0 Å². The van der Waals surface area contributed by atoms with Crippen LogP contribution in [-0.2, 0) is 5.41 Å². The second-order valence-electron chi connectivity index (χ2n) is 9.40. The summed E-state index contributed by atoms with van der Waals surface area (Å²) in [6, 6.07) is 33.5. The summed E-state index contributed by atoms with van der Waals surface area (Å²) < 4.78 is 2.30. The highest BCUT2D eigenvalue weighted by Crippen LogP contribution is 2.44. The maximum absolute atomic E-state index is 5.10. The van der Waals surface area contributed by atoms with E-state index in [2.05, 4.69) is 85.1 Å². The molecular formula is C30H22N4. The molecule has 0 radical (unpaired) electrons. The second kappa shape index (κ2) is 6.84. The number of para-hydroxylation sites is 2. The topological polar surface area (TPSA) is 43.6 Å². The molecule has 7 rings (SSSR count). The summed E-state index contributed by atoms with van der Waals surface area (Å²) in [5.74, 6) is 1.79. The van der Waals surface area contributed by atoms with Gasteiger partial charge in [-0.2, -0.15) is 0 Å². The number of nitrogens with zero attached hydrogens (tertiary/aromatic N) is 4. The van der Waals surface area contributed by atoms with E-state index >= 15 is 0 Å². The lowest BCUT2D eigenvalue weighted by atomic mass is 9.86. The lowest BCUT2D eigenvalue weighted by Gasteiger charge is -2.17. The van der Waals surface area contributed by atoms with Gasteiger partial charge in [0, 0.05) is 16.5 Å². The van der Waals surface area contributed by atoms with Crippen LogP contribution < -0.4 is 0 Å². The van der Waals surface area contributed by atoms with Crippen molar-refractivity contribution in [1.82, 2.24) is 19.5 Å². The van der Waals surface area contributed by atoms with Gasteiger partial charge in [0.2, 0.25) is 0 Å². The van der Waals surface area contributed by atoms with Crippen LogP contribution in [-0.4, -0.2) is 19.5 Å². The Bertz CT molecular complexity index is 1730. The molecule has 0 amide bonds. The van der Waals surface area contributed by atoms with Crippen molar-refractivity contribution in [3.05, 3.63) is 108 Å². The van der Waals surface area contributed by atoms with Crippen LogP contribution in [0.3, 0.4) is 0 Å².